The van der Waals surface area contributed by atoms with E-state index in [4.69, 9.17) is 4.74 Å². The molecule has 0 aliphatic carbocycles. The van der Waals surface area contributed by atoms with Crippen LogP contribution in [-0.4, -0.2) is 46.4 Å². The molecule has 0 aromatic carbocycles. The van der Waals surface area contributed by atoms with Gasteiger partial charge in [-0.15, -0.1) is 0 Å². The van der Waals surface area contributed by atoms with Crippen molar-refractivity contribution in [3.8, 4) is 11.5 Å². The highest BCUT2D eigenvalue weighted by atomic mass is 16.5. The first kappa shape index (κ1) is 16.4. The Morgan fingerprint density at radius 2 is 2.25 bits per heavy atom. The average molecular weight is 326 g/mol. The van der Waals surface area contributed by atoms with Crippen molar-refractivity contribution in [1.82, 2.24) is 25.4 Å². The van der Waals surface area contributed by atoms with Gasteiger partial charge in [0.2, 0.25) is 0 Å². The number of hydrogen-bond donors (Lipinski definition) is 2. The lowest BCUT2D eigenvalue weighted by molar-refractivity contribution is 0.173. The standard InChI is InChI=1S/C17H22N6O/c1-13-12-16(21-17(19-13)14-6-3-4-8-18-14)20-15-7-10-23(22-15)9-5-11-24-2/h3-4,6-8,10,12,15,22H,5,9,11H2,1-2H3,(H,19,20,21). The second kappa shape index (κ2) is 7.85. The van der Waals surface area contributed by atoms with Crippen LogP contribution in [0.15, 0.2) is 42.7 Å². The molecule has 24 heavy (non-hydrogen) atoms. The molecule has 0 saturated carbocycles. The summed E-state index contributed by atoms with van der Waals surface area (Å²) in [6, 6.07) is 7.64. The minimum atomic E-state index is -0.00146. The van der Waals surface area contributed by atoms with Crippen LogP contribution in [0.1, 0.15) is 12.1 Å². The third kappa shape index (κ3) is 4.27. The second-order valence-electron chi connectivity index (χ2n) is 5.57. The van der Waals surface area contributed by atoms with Gasteiger partial charge in [0, 0.05) is 44.4 Å². The Balaban J connectivity index is 1.64. The fourth-order valence-corrected chi connectivity index (χ4v) is 2.46. The molecule has 3 heterocycles. The van der Waals surface area contributed by atoms with E-state index in [0.29, 0.717) is 5.82 Å². The summed E-state index contributed by atoms with van der Waals surface area (Å²) in [5.74, 6) is 1.39. The minimum absolute atomic E-state index is 0.00146. The van der Waals surface area contributed by atoms with Gasteiger partial charge in [0.15, 0.2) is 5.82 Å². The van der Waals surface area contributed by atoms with Crippen LogP contribution in [0.5, 0.6) is 0 Å². The molecule has 1 atom stereocenters. The zero-order valence-electron chi connectivity index (χ0n) is 13.9. The van der Waals surface area contributed by atoms with Crippen molar-refractivity contribution in [1.29, 1.82) is 0 Å². The van der Waals surface area contributed by atoms with Crippen molar-refractivity contribution >= 4 is 5.82 Å². The lowest BCUT2D eigenvalue weighted by atomic mass is 10.3. The summed E-state index contributed by atoms with van der Waals surface area (Å²) in [7, 11) is 1.72. The minimum Gasteiger partial charge on any atom is -0.385 e. The van der Waals surface area contributed by atoms with Gasteiger partial charge in [0.05, 0.1) is 0 Å². The first-order valence-electron chi connectivity index (χ1n) is 7.98. The van der Waals surface area contributed by atoms with Crippen LogP contribution in [0.3, 0.4) is 0 Å². The van der Waals surface area contributed by atoms with E-state index < -0.39 is 0 Å². The summed E-state index contributed by atoms with van der Waals surface area (Å²) in [5.41, 5.74) is 5.02. The summed E-state index contributed by atoms with van der Waals surface area (Å²) < 4.78 is 5.08. The molecule has 7 nitrogen and oxygen atoms in total. The predicted molar refractivity (Wildman–Crippen MR) is 92.9 cm³/mol. The topological polar surface area (TPSA) is 75.2 Å². The Labute approximate surface area is 141 Å². The van der Waals surface area contributed by atoms with Crippen LogP contribution in [-0.2, 0) is 4.74 Å². The van der Waals surface area contributed by atoms with Gasteiger partial charge in [-0.1, -0.05) is 6.07 Å². The number of aryl methyl sites for hydroxylation is 1. The van der Waals surface area contributed by atoms with E-state index >= 15 is 0 Å². The summed E-state index contributed by atoms with van der Waals surface area (Å²) in [6.07, 6.45) is 6.80. The smallest absolute Gasteiger partial charge is 0.180 e. The Bertz CT molecular complexity index is 691. The fourth-order valence-electron chi connectivity index (χ4n) is 2.46. The maximum atomic E-state index is 5.08. The molecule has 0 fully saturated rings. The normalized spacial score (nSPS) is 16.6. The van der Waals surface area contributed by atoms with Gasteiger partial charge >= 0.3 is 0 Å². The lowest BCUT2D eigenvalue weighted by Gasteiger charge is -2.20. The van der Waals surface area contributed by atoms with Crippen molar-refractivity contribution in [3.63, 3.8) is 0 Å². The van der Waals surface area contributed by atoms with E-state index in [1.165, 1.54) is 0 Å². The molecule has 1 aliphatic rings. The van der Waals surface area contributed by atoms with Crippen molar-refractivity contribution < 1.29 is 4.74 Å². The highest BCUT2D eigenvalue weighted by molar-refractivity contribution is 5.53. The maximum absolute atomic E-state index is 5.08. The number of ether oxygens (including phenoxy) is 1. The second-order valence-corrected chi connectivity index (χ2v) is 5.57. The highest BCUT2D eigenvalue weighted by Gasteiger charge is 2.15. The quantitative estimate of drug-likeness (QED) is 0.753. The summed E-state index contributed by atoms with van der Waals surface area (Å²) >= 11 is 0. The van der Waals surface area contributed by atoms with Gasteiger partial charge in [0.1, 0.15) is 17.7 Å². The number of nitrogens with zero attached hydrogens (tertiary/aromatic N) is 4. The molecular weight excluding hydrogens is 304 g/mol. The molecule has 0 saturated heterocycles. The highest BCUT2D eigenvalue weighted by Crippen LogP contribution is 2.16. The van der Waals surface area contributed by atoms with E-state index in [1.807, 2.05) is 42.4 Å². The van der Waals surface area contributed by atoms with Crippen molar-refractivity contribution in [2.45, 2.75) is 19.5 Å². The third-order valence-corrected chi connectivity index (χ3v) is 3.56. The van der Waals surface area contributed by atoms with Crippen LogP contribution in [0.4, 0.5) is 5.82 Å². The SMILES string of the molecule is COCCCN1C=CC(Nc2cc(C)nc(-c3ccccn3)n2)N1. The van der Waals surface area contributed by atoms with E-state index in [0.717, 1.165) is 36.8 Å². The molecule has 0 bridgehead atoms. The van der Waals surface area contributed by atoms with Gasteiger partial charge in [-0.3, -0.25) is 4.98 Å². The van der Waals surface area contributed by atoms with Crippen LogP contribution in [0, 0.1) is 6.92 Å². The zero-order valence-corrected chi connectivity index (χ0v) is 13.9. The van der Waals surface area contributed by atoms with Crippen LogP contribution in [0.25, 0.3) is 11.5 Å². The van der Waals surface area contributed by atoms with Crippen LogP contribution >= 0.6 is 0 Å². The summed E-state index contributed by atoms with van der Waals surface area (Å²) in [4.78, 5) is 13.4. The van der Waals surface area contributed by atoms with E-state index in [2.05, 4.69) is 31.8 Å². The Kier molecular flexibility index (Phi) is 5.35. The first-order valence-corrected chi connectivity index (χ1v) is 7.98. The number of methoxy groups -OCH3 is 1. The molecule has 2 aromatic rings. The molecular formula is C17H22N6O. The molecule has 1 aliphatic heterocycles. The molecule has 126 valence electrons. The van der Waals surface area contributed by atoms with Crippen molar-refractivity contribution in [2.24, 2.45) is 0 Å². The molecule has 3 rings (SSSR count). The zero-order chi connectivity index (χ0) is 16.8. The average Bonchev–Trinajstić information content (AvgIpc) is 3.03. The first-order chi connectivity index (χ1) is 11.7. The molecule has 2 N–H and O–H groups in total. The van der Waals surface area contributed by atoms with Crippen LogP contribution < -0.4 is 10.7 Å². The van der Waals surface area contributed by atoms with Gasteiger partial charge in [-0.05, 0) is 31.6 Å². The van der Waals surface area contributed by atoms with E-state index in [1.54, 1.807) is 13.3 Å². The molecule has 1 unspecified atom stereocenters. The Morgan fingerprint density at radius 1 is 1.33 bits per heavy atom. The maximum Gasteiger partial charge on any atom is 0.180 e. The number of anilines is 1. The van der Waals surface area contributed by atoms with Gasteiger partial charge in [-0.2, -0.15) is 0 Å². The molecule has 2 aromatic heterocycles. The summed E-state index contributed by atoms with van der Waals surface area (Å²) in [5, 5.41) is 5.41. The van der Waals surface area contributed by atoms with E-state index in [-0.39, 0.29) is 6.17 Å². The van der Waals surface area contributed by atoms with E-state index in [9.17, 15) is 0 Å². The van der Waals surface area contributed by atoms with Crippen molar-refractivity contribution in [3.05, 3.63) is 48.4 Å². The number of hydrazine groups is 1. The Morgan fingerprint density at radius 3 is 3.04 bits per heavy atom. The van der Waals surface area contributed by atoms with Crippen LogP contribution in [0.2, 0.25) is 0 Å². The molecule has 7 heteroatoms. The Hall–Kier alpha value is -2.51. The number of pyridine rings is 1. The number of nitrogens with one attached hydrogen (secondary N) is 2. The molecule has 0 spiro atoms. The fraction of sp³-hybridized carbons (Fsp3) is 0.353. The van der Waals surface area contributed by atoms with Crippen molar-refractivity contribution in [2.75, 3.05) is 25.6 Å². The van der Waals surface area contributed by atoms with Gasteiger partial charge < -0.3 is 15.1 Å². The molecule has 0 radical (unpaired) electrons. The third-order valence-electron chi connectivity index (χ3n) is 3.56. The number of hydrogen-bond acceptors (Lipinski definition) is 7. The predicted octanol–water partition coefficient (Wildman–Crippen LogP) is 1.96. The molecule has 0 amide bonds. The van der Waals surface area contributed by atoms with Gasteiger partial charge in [-0.25, -0.2) is 15.4 Å². The summed E-state index contributed by atoms with van der Waals surface area (Å²) in [6.45, 7) is 3.60. The monoisotopic (exact) mass is 326 g/mol. The number of rotatable bonds is 7. The lowest BCUT2D eigenvalue weighted by Crippen LogP contribution is -2.40. The number of aromatic nitrogens is 3. The largest absolute Gasteiger partial charge is 0.385 e. The van der Waals surface area contributed by atoms with Gasteiger partial charge in [0.25, 0.3) is 0 Å².